The Morgan fingerprint density at radius 3 is 2.59 bits per heavy atom. The number of amides is 2. The summed E-state index contributed by atoms with van der Waals surface area (Å²) < 4.78 is 11.2. The molecule has 1 fully saturated rings. The number of hydrogen-bond acceptors (Lipinski definition) is 5. The molecule has 3 N–H and O–H groups in total. The number of rotatable bonds is 8. The minimum atomic E-state index is -0.122. The quantitative estimate of drug-likeness (QED) is 0.552. The van der Waals surface area contributed by atoms with Gasteiger partial charge in [0.05, 0.1) is 0 Å². The number of carbonyl (C=O) groups excluding carboxylic acids is 2. The van der Waals surface area contributed by atoms with E-state index in [2.05, 4.69) is 41.1 Å². The average molecular weight is 438 g/mol. The van der Waals surface area contributed by atoms with E-state index in [0.717, 1.165) is 36.3 Å². The van der Waals surface area contributed by atoms with E-state index < -0.39 is 0 Å². The first-order valence-electron chi connectivity index (χ1n) is 11.3. The second-order valence-electron chi connectivity index (χ2n) is 8.54. The standard InChI is InChI=1S/C25H31N3O4/c1-16(22-4-3-5-23-24(22)32-15-31-23)28-21-11-10-20(14-21)18-6-8-19(9-7-18)25(30)27-13-12-26-17(2)29/h3-9,16,20-21,28H,10-15H2,1-2H3,(H,26,29)(H,27,30). The third kappa shape index (κ3) is 5.22. The molecular formula is C25H31N3O4. The second kappa shape index (κ2) is 10.0. The van der Waals surface area contributed by atoms with Crippen LogP contribution in [0.25, 0.3) is 0 Å². The van der Waals surface area contributed by atoms with Crippen molar-refractivity contribution < 1.29 is 19.1 Å². The lowest BCUT2D eigenvalue weighted by Gasteiger charge is -2.21. The summed E-state index contributed by atoms with van der Waals surface area (Å²) in [5.41, 5.74) is 3.05. The van der Waals surface area contributed by atoms with E-state index in [1.54, 1.807) is 0 Å². The summed E-state index contributed by atoms with van der Waals surface area (Å²) in [5, 5.41) is 9.25. The summed E-state index contributed by atoms with van der Waals surface area (Å²) in [6.45, 7) is 4.76. The van der Waals surface area contributed by atoms with Crippen molar-refractivity contribution in [2.24, 2.45) is 0 Å². The molecule has 2 aliphatic rings. The van der Waals surface area contributed by atoms with Crippen molar-refractivity contribution in [2.45, 2.75) is 51.1 Å². The summed E-state index contributed by atoms with van der Waals surface area (Å²) in [7, 11) is 0. The first kappa shape index (κ1) is 22.1. The Kier molecular flexibility index (Phi) is 6.95. The molecule has 7 nitrogen and oxygen atoms in total. The fourth-order valence-electron chi connectivity index (χ4n) is 4.60. The molecule has 1 heterocycles. The third-order valence-electron chi connectivity index (χ3n) is 6.24. The molecule has 2 aromatic carbocycles. The predicted molar refractivity (Wildman–Crippen MR) is 122 cm³/mol. The predicted octanol–water partition coefficient (Wildman–Crippen LogP) is 3.27. The zero-order valence-corrected chi connectivity index (χ0v) is 18.6. The van der Waals surface area contributed by atoms with Crippen LogP contribution in [0.5, 0.6) is 11.5 Å². The molecule has 1 saturated carbocycles. The summed E-state index contributed by atoms with van der Waals surface area (Å²) in [4.78, 5) is 23.1. The van der Waals surface area contributed by atoms with Crippen LogP contribution in [0.15, 0.2) is 42.5 Å². The maximum atomic E-state index is 12.3. The van der Waals surface area contributed by atoms with Crippen LogP contribution in [0, 0.1) is 0 Å². The highest BCUT2D eigenvalue weighted by Crippen LogP contribution is 2.40. The Morgan fingerprint density at radius 2 is 1.81 bits per heavy atom. The highest BCUT2D eigenvalue weighted by atomic mass is 16.7. The van der Waals surface area contributed by atoms with E-state index in [-0.39, 0.29) is 24.6 Å². The van der Waals surface area contributed by atoms with Crippen LogP contribution < -0.4 is 25.4 Å². The Morgan fingerprint density at radius 1 is 1.03 bits per heavy atom. The van der Waals surface area contributed by atoms with Crippen LogP contribution in [-0.4, -0.2) is 37.7 Å². The fraction of sp³-hybridized carbons (Fsp3) is 0.440. The average Bonchev–Trinajstić information content (AvgIpc) is 3.46. The maximum Gasteiger partial charge on any atom is 0.251 e. The maximum absolute atomic E-state index is 12.3. The largest absolute Gasteiger partial charge is 0.454 e. The normalized spacial score (nSPS) is 20.1. The minimum absolute atomic E-state index is 0.0996. The van der Waals surface area contributed by atoms with E-state index >= 15 is 0 Å². The Balaban J connectivity index is 1.28. The summed E-state index contributed by atoms with van der Waals surface area (Å²) in [6, 6.07) is 14.6. The lowest BCUT2D eigenvalue weighted by Crippen LogP contribution is -2.33. The van der Waals surface area contributed by atoms with Crippen molar-refractivity contribution in [1.29, 1.82) is 0 Å². The number of hydrogen-bond donors (Lipinski definition) is 3. The number of nitrogens with one attached hydrogen (secondary N) is 3. The third-order valence-corrected chi connectivity index (χ3v) is 6.24. The van der Waals surface area contributed by atoms with Crippen molar-refractivity contribution >= 4 is 11.8 Å². The van der Waals surface area contributed by atoms with Gasteiger partial charge in [0.25, 0.3) is 5.91 Å². The highest BCUT2D eigenvalue weighted by molar-refractivity contribution is 5.94. The van der Waals surface area contributed by atoms with Crippen LogP contribution in [-0.2, 0) is 4.79 Å². The smallest absolute Gasteiger partial charge is 0.251 e. The van der Waals surface area contributed by atoms with Gasteiger partial charge in [-0.15, -0.1) is 0 Å². The number of benzene rings is 2. The molecule has 7 heteroatoms. The molecule has 3 unspecified atom stereocenters. The van der Waals surface area contributed by atoms with Gasteiger partial charge in [-0.1, -0.05) is 24.3 Å². The zero-order chi connectivity index (χ0) is 22.5. The van der Waals surface area contributed by atoms with Gasteiger partial charge < -0.3 is 25.4 Å². The van der Waals surface area contributed by atoms with E-state index in [1.165, 1.54) is 12.5 Å². The minimum Gasteiger partial charge on any atom is -0.454 e. The molecule has 2 aromatic rings. The molecule has 32 heavy (non-hydrogen) atoms. The van der Waals surface area contributed by atoms with Crippen molar-refractivity contribution in [3.8, 4) is 11.5 Å². The molecule has 3 atom stereocenters. The molecule has 2 amide bonds. The monoisotopic (exact) mass is 437 g/mol. The molecule has 0 spiro atoms. The molecular weight excluding hydrogens is 406 g/mol. The number of fused-ring (bicyclic) bond motifs is 1. The number of para-hydroxylation sites is 1. The summed E-state index contributed by atoms with van der Waals surface area (Å²) in [6.07, 6.45) is 3.31. The topological polar surface area (TPSA) is 88.7 Å². The summed E-state index contributed by atoms with van der Waals surface area (Å²) >= 11 is 0. The van der Waals surface area contributed by atoms with Gasteiger partial charge in [0.2, 0.25) is 12.7 Å². The summed E-state index contributed by atoms with van der Waals surface area (Å²) in [5.74, 6) is 1.94. The van der Waals surface area contributed by atoms with Gasteiger partial charge in [-0.25, -0.2) is 0 Å². The van der Waals surface area contributed by atoms with Crippen LogP contribution in [0.1, 0.15) is 66.6 Å². The SMILES string of the molecule is CC(=O)NCCNC(=O)c1ccc(C2CCC(NC(C)c3cccc4c3OCO4)C2)cc1. The van der Waals surface area contributed by atoms with Gasteiger partial charge in [-0.2, -0.15) is 0 Å². The van der Waals surface area contributed by atoms with Gasteiger partial charge in [-0.3, -0.25) is 9.59 Å². The molecule has 170 valence electrons. The number of carbonyl (C=O) groups is 2. The van der Waals surface area contributed by atoms with Crippen molar-refractivity contribution in [1.82, 2.24) is 16.0 Å². The van der Waals surface area contributed by atoms with Gasteiger partial charge in [-0.05, 0) is 55.9 Å². The number of ether oxygens (including phenoxy) is 2. The van der Waals surface area contributed by atoms with Gasteiger partial charge in [0.15, 0.2) is 11.5 Å². The Labute approximate surface area is 188 Å². The van der Waals surface area contributed by atoms with Crippen molar-refractivity contribution in [3.05, 3.63) is 59.2 Å². The van der Waals surface area contributed by atoms with E-state index in [4.69, 9.17) is 9.47 Å². The fourth-order valence-corrected chi connectivity index (χ4v) is 4.60. The molecule has 0 radical (unpaired) electrons. The van der Waals surface area contributed by atoms with Gasteiger partial charge in [0.1, 0.15) is 0 Å². The molecule has 4 rings (SSSR count). The Bertz CT molecular complexity index is 960. The van der Waals surface area contributed by atoms with Crippen LogP contribution in [0.4, 0.5) is 0 Å². The molecule has 0 bridgehead atoms. The molecule has 1 aliphatic carbocycles. The first-order valence-corrected chi connectivity index (χ1v) is 11.3. The van der Waals surface area contributed by atoms with Crippen molar-refractivity contribution in [3.63, 3.8) is 0 Å². The Hall–Kier alpha value is -3.06. The van der Waals surface area contributed by atoms with E-state index in [1.807, 2.05) is 24.3 Å². The molecule has 1 aliphatic heterocycles. The highest BCUT2D eigenvalue weighted by Gasteiger charge is 2.28. The second-order valence-corrected chi connectivity index (χ2v) is 8.54. The molecule has 0 aromatic heterocycles. The zero-order valence-electron chi connectivity index (χ0n) is 18.6. The lowest BCUT2D eigenvalue weighted by molar-refractivity contribution is -0.118. The first-order chi connectivity index (χ1) is 15.5. The van der Waals surface area contributed by atoms with E-state index in [9.17, 15) is 9.59 Å². The van der Waals surface area contributed by atoms with Crippen LogP contribution in [0.3, 0.4) is 0 Å². The van der Waals surface area contributed by atoms with Gasteiger partial charge >= 0.3 is 0 Å². The van der Waals surface area contributed by atoms with Crippen LogP contribution in [0.2, 0.25) is 0 Å². The molecule has 0 saturated heterocycles. The lowest BCUT2D eigenvalue weighted by atomic mass is 9.96. The van der Waals surface area contributed by atoms with E-state index in [0.29, 0.717) is 30.6 Å². The van der Waals surface area contributed by atoms with Crippen LogP contribution >= 0.6 is 0 Å². The van der Waals surface area contributed by atoms with Gasteiger partial charge in [0, 0.05) is 43.2 Å². The van der Waals surface area contributed by atoms with Crippen molar-refractivity contribution in [2.75, 3.05) is 19.9 Å².